The lowest BCUT2D eigenvalue weighted by molar-refractivity contribution is -0.143. The van der Waals surface area contributed by atoms with E-state index in [4.69, 9.17) is 9.84 Å². The van der Waals surface area contributed by atoms with Gasteiger partial charge in [0.05, 0.1) is 5.92 Å². The molecule has 100 valence electrons. The van der Waals surface area contributed by atoms with Crippen LogP contribution >= 0.6 is 0 Å². The highest BCUT2D eigenvalue weighted by Crippen LogP contribution is 2.25. The summed E-state index contributed by atoms with van der Waals surface area (Å²) in [6.45, 7) is 5.98. The topological polar surface area (TPSA) is 46.5 Å². The van der Waals surface area contributed by atoms with Crippen molar-refractivity contribution in [3.05, 3.63) is 30.1 Å². The van der Waals surface area contributed by atoms with Gasteiger partial charge in [-0.25, -0.2) is 4.39 Å². The van der Waals surface area contributed by atoms with E-state index < -0.39 is 17.7 Å². The van der Waals surface area contributed by atoms with Crippen LogP contribution in [-0.4, -0.2) is 17.7 Å². The van der Waals surface area contributed by atoms with E-state index in [1.54, 1.807) is 6.07 Å². The lowest BCUT2D eigenvalue weighted by Crippen LogP contribution is -2.26. The lowest BCUT2D eigenvalue weighted by atomic mass is 9.85. The molecular formula is C14H19FO3. The molecule has 0 bridgehead atoms. The number of benzene rings is 1. The Hall–Kier alpha value is -1.58. The fourth-order valence-electron chi connectivity index (χ4n) is 1.71. The van der Waals surface area contributed by atoms with Crippen LogP contribution in [0.3, 0.4) is 0 Å². The minimum absolute atomic E-state index is 0.0516. The van der Waals surface area contributed by atoms with Crippen molar-refractivity contribution in [1.29, 1.82) is 0 Å². The van der Waals surface area contributed by atoms with Crippen molar-refractivity contribution in [3.63, 3.8) is 0 Å². The van der Waals surface area contributed by atoms with Crippen molar-refractivity contribution in [2.24, 2.45) is 11.3 Å². The van der Waals surface area contributed by atoms with Gasteiger partial charge in [0.2, 0.25) is 0 Å². The maximum atomic E-state index is 12.9. The van der Waals surface area contributed by atoms with E-state index in [1.165, 1.54) is 18.2 Å². The minimum Gasteiger partial charge on any atom is -0.493 e. The van der Waals surface area contributed by atoms with E-state index >= 15 is 0 Å². The molecule has 0 aliphatic heterocycles. The molecule has 1 atom stereocenters. The zero-order valence-electron chi connectivity index (χ0n) is 10.9. The molecule has 0 fully saturated rings. The second kappa shape index (κ2) is 5.85. The molecular weight excluding hydrogens is 235 g/mol. The third-order valence-corrected chi connectivity index (χ3v) is 2.46. The first kappa shape index (κ1) is 14.5. The van der Waals surface area contributed by atoms with Crippen LogP contribution in [0, 0.1) is 17.2 Å². The summed E-state index contributed by atoms with van der Waals surface area (Å²) in [6, 6.07) is 5.70. The Labute approximate surface area is 107 Å². The zero-order valence-corrected chi connectivity index (χ0v) is 10.9. The smallest absolute Gasteiger partial charge is 0.309 e. The Bertz CT molecular complexity index is 410. The molecule has 0 heterocycles. The molecule has 0 amide bonds. The molecule has 0 aliphatic rings. The van der Waals surface area contributed by atoms with Crippen molar-refractivity contribution >= 4 is 5.97 Å². The number of carboxylic acids is 1. The molecule has 0 spiro atoms. The highest BCUT2D eigenvalue weighted by Gasteiger charge is 2.25. The predicted octanol–water partition coefficient (Wildman–Crippen LogP) is 3.34. The fraction of sp³-hybridized carbons (Fsp3) is 0.500. The van der Waals surface area contributed by atoms with Gasteiger partial charge in [0.25, 0.3) is 0 Å². The van der Waals surface area contributed by atoms with Gasteiger partial charge >= 0.3 is 5.97 Å². The third kappa shape index (κ3) is 5.17. The van der Waals surface area contributed by atoms with Gasteiger partial charge in [0.15, 0.2) is 0 Å². The number of aliphatic carboxylic acids is 1. The van der Waals surface area contributed by atoms with Crippen molar-refractivity contribution in [3.8, 4) is 5.75 Å². The average Bonchev–Trinajstić information content (AvgIpc) is 2.22. The van der Waals surface area contributed by atoms with Crippen molar-refractivity contribution in [1.82, 2.24) is 0 Å². The van der Waals surface area contributed by atoms with Crippen molar-refractivity contribution in [2.45, 2.75) is 27.2 Å². The third-order valence-electron chi connectivity index (χ3n) is 2.46. The summed E-state index contributed by atoms with van der Waals surface area (Å²) in [5.74, 6) is -1.51. The summed E-state index contributed by atoms with van der Waals surface area (Å²) in [4.78, 5) is 11.1. The number of halogens is 1. The van der Waals surface area contributed by atoms with Gasteiger partial charge in [0.1, 0.15) is 18.2 Å². The maximum Gasteiger partial charge on any atom is 0.309 e. The van der Waals surface area contributed by atoms with Crippen LogP contribution in [0.4, 0.5) is 4.39 Å². The molecule has 0 aromatic heterocycles. The van der Waals surface area contributed by atoms with Crippen LogP contribution in [-0.2, 0) is 4.79 Å². The summed E-state index contributed by atoms with van der Waals surface area (Å²) in [6.07, 6.45) is 0.512. The standard InChI is InChI=1S/C14H19FO3/c1-14(2,3)8-10(13(16)17)9-18-12-6-4-5-11(15)7-12/h4-7,10H,8-9H2,1-3H3,(H,16,17). The molecule has 18 heavy (non-hydrogen) atoms. The van der Waals surface area contributed by atoms with Gasteiger partial charge < -0.3 is 9.84 Å². The molecule has 0 saturated heterocycles. The van der Waals surface area contributed by atoms with E-state index in [-0.39, 0.29) is 12.0 Å². The van der Waals surface area contributed by atoms with Gasteiger partial charge in [-0.1, -0.05) is 26.8 Å². The quantitative estimate of drug-likeness (QED) is 0.876. The maximum absolute atomic E-state index is 12.9. The Kier molecular flexibility index (Phi) is 4.70. The highest BCUT2D eigenvalue weighted by atomic mass is 19.1. The van der Waals surface area contributed by atoms with Crippen LogP contribution in [0.5, 0.6) is 5.75 Å². The number of rotatable bonds is 5. The van der Waals surface area contributed by atoms with Gasteiger partial charge in [0, 0.05) is 6.07 Å². The average molecular weight is 254 g/mol. The first-order valence-corrected chi connectivity index (χ1v) is 5.89. The Morgan fingerprint density at radius 3 is 2.61 bits per heavy atom. The largest absolute Gasteiger partial charge is 0.493 e. The zero-order chi connectivity index (χ0) is 13.8. The van der Waals surface area contributed by atoms with Gasteiger partial charge in [-0.2, -0.15) is 0 Å². The molecule has 0 aliphatic carbocycles. The molecule has 1 unspecified atom stereocenters. The van der Waals surface area contributed by atoms with Crippen LogP contribution in [0.2, 0.25) is 0 Å². The van der Waals surface area contributed by atoms with Crippen LogP contribution in [0.15, 0.2) is 24.3 Å². The first-order chi connectivity index (χ1) is 8.28. The summed E-state index contributed by atoms with van der Waals surface area (Å²) in [5, 5.41) is 9.12. The summed E-state index contributed by atoms with van der Waals surface area (Å²) >= 11 is 0. The second-order valence-electron chi connectivity index (χ2n) is 5.57. The van der Waals surface area contributed by atoms with Gasteiger partial charge in [-0.15, -0.1) is 0 Å². The molecule has 1 N–H and O–H groups in total. The molecule has 3 nitrogen and oxygen atoms in total. The molecule has 1 aromatic carbocycles. The molecule has 1 rings (SSSR count). The van der Waals surface area contributed by atoms with Crippen molar-refractivity contribution < 1.29 is 19.0 Å². The molecule has 4 heteroatoms. The van der Waals surface area contributed by atoms with Crippen molar-refractivity contribution in [2.75, 3.05) is 6.61 Å². The van der Waals surface area contributed by atoms with Crippen LogP contribution in [0.1, 0.15) is 27.2 Å². The van der Waals surface area contributed by atoms with Crippen LogP contribution < -0.4 is 4.74 Å². The fourth-order valence-corrected chi connectivity index (χ4v) is 1.71. The number of ether oxygens (including phenoxy) is 1. The SMILES string of the molecule is CC(C)(C)CC(COc1cccc(F)c1)C(=O)O. The van der Waals surface area contributed by atoms with Gasteiger partial charge in [-0.05, 0) is 24.0 Å². The Morgan fingerprint density at radius 1 is 1.44 bits per heavy atom. The summed E-state index contributed by atoms with van der Waals surface area (Å²) in [7, 11) is 0. The predicted molar refractivity (Wildman–Crippen MR) is 67.1 cm³/mol. The Balaban J connectivity index is 2.60. The number of carbonyl (C=O) groups is 1. The number of hydrogen-bond donors (Lipinski definition) is 1. The van der Waals surface area contributed by atoms with E-state index in [0.717, 1.165) is 0 Å². The van der Waals surface area contributed by atoms with E-state index in [1.807, 2.05) is 20.8 Å². The Morgan fingerprint density at radius 2 is 2.11 bits per heavy atom. The summed E-state index contributed by atoms with van der Waals surface area (Å²) in [5.41, 5.74) is -0.0889. The number of carboxylic acid groups (broad SMARTS) is 1. The van der Waals surface area contributed by atoms with E-state index in [2.05, 4.69) is 0 Å². The van der Waals surface area contributed by atoms with E-state index in [0.29, 0.717) is 12.2 Å². The normalized spacial score (nSPS) is 13.1. The molecule has 0 saturated carbocycles. The highest BCUT2D eigenvalue weighted by molar-refractivity contribution is 5.70. The monoisotopic (exact) mass is 254 g/mol. The van der Waals surface area contributed by atoms with Crippen LogP contribution in [0.25, 0.3) is 0 Å². The minimum atomic E-state index is -0.888. The first-order valence-electron chi connectivity index (χ1n) is 5.89. The molecule has 1 aromatic rings. The van der Waals surface area contributed by atoms with E-state index in [9.17, 15) is 9.18 Å². The number of hydrogen-bond acceptors (Lipinski definition) is 2. The molecule has 0 radical (unpaired) electrons. The summed E-state index contributed by atoms with van der Waals surface area (Å²) < 4.78 is 18.3. The second-order valence-corrected chi connectivity index (χ2v) is 5.57. The van der Waals surface area contributed by atoms with Gasteiger partial charge in [-0.3, -0.25) is 4.79 Å². The lowest BCUT2D eigenvalue weighted by Gasteiger charge is -2.23.